The lowest BCUT2D eigenvalue weighted by Gasteiger charge is -2.31. The third-order valence-corrected chi connectivity index (χ3v) is 3.43. The summed E-state index contributed by atoms with van der Waals surface area (Å²) in [5.41, 5.74) is 0. The number of rotatable bonds is 3. The average molecular weight is 242 g/mol. The molecule has 2 rings (SSSR count). The molecule has 2 aliphatic heterocycles. The largest absolute Gasteiger partial charge is 0.376 e. The van der Waals surface area contributed by atoms with Gasteiger partial charge in [-0.1, -0.05) is 6.42 Å². The predicted molar refractivity (Wildman–Crippen MR) is 63.8 cm³/mol. The summed E-state index contributed by atoms with van der Waals surface area (Å²) in [5.74, 6) is -0.0513. The molecule has 17 heavy (non-hydrogen) atoms. The van der Waals surface area contributed by atoms with Crippen molar-refractivity contribution in [2.75, 3.05) is 26.4 Å². The molecular formula is C12H22N2O3. The number of hydrogen-bond acceptors (Lipinski definition) is 4. The van der Waals surface area contributed by atoms with Gasteiger partial charge in [0.2, 0.25) is 0 Å². The van der Waals surface area contributed by atoms with Crippen LogP contribution >= 0.6 is 0 Å². The van der Waals surface area contributed by atoms with Crippen LogP contribution in [0.2, 0.25) is 0 Å². The van der Waals surface area contributed by atoms with Crippen molar-refractivity contribution in [3.8, 4) is 0 Å². The van der Waals surface area contributed by atoms with Crippen LogP contribution in [0.1, 0.15) is 26.2 Å². The fourth-order valence-corrected chi connectivity index (χ4v) is 2.36. The highest BCUT2D eigenvalue weighted by molar-refractivity contribution is 5.81. The number of carbonyl (C=O) groups excluding carboxylic acids is 1. The highest BCUT2D eigenvalue weighted by atomic mass is 16.6. The highest BCUT2D eigenvalue weighted by Gasteiger charge is 2.26. The number of ether oxygens (including phenoxy) is 2. The highest BCUT2D eigenvalue weighted by Crippen LogP contribution is 2.11. The third kappa shape index (κ3) is 3.66. The Labute approximate surface area is 102 Å². The van der Waals surface area contributed by atoms with Crippen LogP contribution < -0.4 is 10.6 Å². The molecule has 0 spiro atoms. The summed E-state index contributed by atoms with van der Waals surface area (Å²) in [6.45, 7) is 4.56. The summed E-state index contributed by atoms with van der Waals surface area (Å²) in [6, 6.07) is 0.533. The minimum absolute atomic E-state index is 0.0513. The Morgan fingerprint density at radius 2 is 2.29 bits per heavy atom. The lowest BCUT2D eigenvalue weighted by atomic mass is 9.99. The predicted octanol–water partition coefficient (Wildman–Crippen LogP) is 0.0486. The fourth-order valence-electron chi connectivity index (χ4n) is 2.36. The normalized spacial score (nSPS) is 31.8. The van der Waals surface area contributed by atoms with Crippen LogP contribution in [0.25, 0.3) is 0 Å². The number of carbonyl (C=O) groups is 1. The maximum atomic E-state index is 11.9. The van der Waals surface area contributed by atoms with E-state index in [-0.39, 0.29) is 11.9 Å². The SMILES string of the molecule is C[C@H](NC(=O)[C@H]1COCCO1)[C@@H]1CCCCN1. The first-order valence-corrected chi connectivity index (χ1v) is 6.50. The van der Waals surface area contributed by atoms with Gasteiger partial charge in [0.05, 0.1) is 19.8 Å². The van der Waals surface area contributed by atoms with E-state index >= 15 is 0 Å². The van der Waals surface area contributed by atoms with E-state index in [0.717, 1.165) is 13.0 Å². The molecule has 0 radical (unpaired) electrons. The lowest BCUT2D eigenvalue weighted by Crippen LogP contribution is -2.53. The van der Waals surface area contributed by atoms with Crippen LogP contribution in [0.3, 0.4) is 0 Å². The van der Waals surface area contributed by atoms with Gasteiger partial charge in [-0.25, -0.2) is 0 Å². The molecule has 3 atom stereocenters. The minimum atomic E-state index is -0.435. The van der Waals surface area contributed by atoms with Crippen molar-refractivity contribution in [1.29, 1.82) is 0 Å². The van der Waals surface area contributed by atoms with E-state index in [2.05, 4.69) is 10.6 Å². The molecule has 1 amide bonds. The molecule has 0 aromatic carbocycles. The molecule has 0 aromatic heterocycles. The molecular weight excluding hydrogens is 220 g/mol. The van der Waals surface area contributed by atoms with E-state index in [1.807, 2.05) is 6.92 Å². The Kier molecular flexibility index (Phi) is 4.76. The van der Waals surface area contributed by atoms with E-state index in [9.17, 15) is 4.79 Å². The van der Waals surface area contributed by atoms with Gasteiger partial charge >= 0.3 is 0 Å². The van der Waals surface area contributed by atoms with Crippen molar-refractivity contribution in [1.82, 2.24) is 10.6 Å². The van der Waals surface area contributed by atoms with Crippen LogP contribution in [0.5, 0.6) is 0 Å². The standard InChI is InChI=1S/C12H22N2O3/c1-9(10-4-2-3-5-13-10)14-12(15)11-8-16-6-7-17-11/h9-11,13H,2-8H2,1H3,(H,14,15)/t9-,10-,11+/m0/s1. The summed E-state index contributed by atoms with van der Waals surface area (Å²) in [5, 5.41) is 6.45. The molecule has 0 aromatic rings. The van der Waals surface area contributed by atoms with Gasteiger partial charge in [0.15, 0.2) is 6.10 Å². The van der Waals surface area contributed by atoms with Gasteiger partial charge in [-0.05, 0) is 26.3 Å². The molecule has 0 unspecified atom stereocenters. The zero-order valence-electron chi connectivity index (χ0n) is 10.4. The van der Waals surface area contributed by atoms with Crippen LogP contribution in [0, 0.1) is 0 Å². The van der Waals surface area contributed by atoms with Gasteiger partial charge < -0.3 is 20.1 Å². The first kappa shape index (κ1) is 12.8. The summed E-state index contributed by atoms with van der Waals surface area (Å²) >= 11 is 0. The molecule has 2 saturated heterocycles. The van der Waals surface area contributed by atoms with Gasteiger partial charge in [0.25, 0.3) is 5.91 Å². The van der Waals surface area contributed by atoms with Crippen molar-refractivity contribution in [2.24, 2.45) is 0 Å². The maximum absolute atomic E-state index is 11.9. The molecule has 0 bridgehead atoms. The maximum Gasteiger partial charge on any atom is 0.251 e. The zero-order valence-corrected chi connectivity index (χ0v) is 10.4. The van der Waals surface area contributed by atoms with Crippen molar-refractivity contribution < 1.29 is 14.3 Å². The van der Waals surface area contributed by atoms with Gasteiger partial charge in [0.1, 0.15) is 0 Å². The van der Waals surface area contributed by atoms with Gasteiger partial charge in [-0.2, -0.15) is 0 Å². The Bertz CT molecular complexity index is 248. The lowest BCUT2D eigenvalue weighted by molar-refractivity contribution is -0.148. The molecule has 98 valence electrons. The topological polar surface area (TPSA) is 59.6 Å². The summed E-state index contributed by atoms with van der Waals surface area (Å²) < 4.78 is 10.6. The number of amides is 1. The Morgan fingerprint density at radius 1 is 1.41 bits per heavy atom. The van der Waals surface area contributed by atoms with Gasteiger partial charge in [-0.3, -0.25) is 4.79 Å². The van der Waals surface area contributed by atoms with E-state index < -0.39 is 6.10 Å². The molecule has 2 aliphatic rings. The Balaban J connectivity index is 1.76. The van der Waals surface area contributed by atoms with Crippen LogP contribution in [-0.4, -0.2) is 50.5 Å². The molecule has 5 nitrogen and oxygen atoms in total. The van der Waals surface area contributed by atoms with E-state index in [1.165, 1.54) is 12.8 Å². The number of hydrogen-bond donors (Lipinski definition) is 2. The van der Waals surface area contributed by atoms with Crippen LogP contribution in [0.4, 0.5) is 0 Å². The quantitative estimate of drug-likeness (QED) is 0.734. The minimum Gasteiger partial charge on any atom is -0.376 e. The third-order valence-electron chi connectivity index (χ3n) is 3.43. The summed E-state index contributed by atoms with van der Waals surface area (Å²) in [7, 11) is 0. The van der Waals surface area contributed by atoms with E-state index in [0.29, 0.717) is 25.9 Å². The zero-order chi connectivity index (χ0) is 12.1. The second kappa shape index (κ2) is 6.33. The molecule has 5 heteroatoms. The van der Waals surface area contributed by atoms with Crippen molar-refractivity contribution in [3.05, 3.63) is 0 Å². The molecule has 0 aliphatic carbocycles. The van der Waals surface area contributed by atoms with Crippen molar-refractivity contribution >= 4 is 5.91 Å². The summed E-state index contributed by atoms with van der Waals surface area (Å²) in [6.07, 6.45) is 3.16. The number of nitrogens with one attached hydrogen (secondary N) is 2. The second-order valence-electron chi connectivity index (χ2n) is 4.79. The first-order chi connectivity index (χ1) is 8.27. The monoisotopic (exact) mass is 242 g/mol. The number of piperidine rings is 1. The fraction of sp³-hybridized carbons (Fsp3) is 0.917. The average Bonchev–Trinajstić information content (AvgIpc) is 2.40. The Hall–Kier alpha value is -0.650. The first-order valence-electron chi connectivity index (χ1n) is 6.50. The van der Waals surface area contributed by atoms with Crippen molar-refractivity contribution in [3.63, 3.8) is 0 Å². The molecule has 2 fully saturated rings. The Morgan fingerprint density at radius 3 is 2.94 bits per heavy atom. The van der Waals surface area contributed by atoms with Gasteiger partial charge in [-0.15, -0.1) is 0 Å². The van der Waals surface area contributed by atoms with E-state index in [4.69, 9.17) is 9.47 Å². The van der Waals surface area contributed by atoms with Crippen molar-refractivity contribution in [2.45, 2.75) is 44.4 Å². The molecule has 2 N–H and O–H groups in total. The smallest absolute Gasteiger partial charge is 0.251 e. The summed E-state index contributed by atoms with van der Waals surface area (Å²) in [4.78, 5) is 11.9. The second-order valence-corrected chi connectivity index (χ2v) is 4.79. The van der Waals surface area contributed by atoms with Crippen LogP contribution in [0.15, 0.2) is 0 Å². The molecule has 0 saturated carbocycles. The van der Waals surface area contributed by atoms with Crippen LogP contribution in [-0.2, 0) is 14.3 Å². The van der Waals surface area contributed by atoms with Gasteiger partial charge in [0, 0.05) is 12.1 Å². The molecule has 2 heterocycles. The van der Waals surface area contributed by atoms with E-state index in [1.54, 1.807) is 0 Å².